The van der Waals surface area contributed by atoms with Crippen LogP contribution in [-0.4, -0.2) is 64.2 Å². The first kappa shape index (κ1) is 21.4. The molecule has 1 atom stereocenters. The lowest BCUT2D eigenvalue weighted by Crippen LogP contribution is -2.49. The zero-order valence-corrected chi connectivity index (χ0v) is 18.4. The molecule has 1 aromatic heterocycles. The van der Waals surface area contributed by atoms with Crippen LogP contribution in [0, 0.1) is 12.8 Å². The number of aryl methyl sites for hydroxylation is 2. The van der Waals surface area contributed by atoms with Crippen LogP contribution in [-0.2, 0) is 11.2 Å². The second-order valence-corrected chi connectivity index (χ2v) is 8.68. The monoisotopic (exact) mass is 423 g/mol. The van der Waals surface area contributed by atoms with Crippen molar-refractivity contribution in [1.82, 2.24) is 24.9 Å². The van der Waals surface area contributed by atoms with E-state index in [2.05, 4.69) is 16.6 Å². The first-order chi connectivity index (χ1) is 15.1. The fourth-order valence-corrected chi connectivity index (χ4v) is 4.56. The number of aromatic nitrogens is 2. The Morgan fingerprint density at radius 2 is 1.81 bits per heavy atom. The number of hydrogen-bond acceptors (Lipinski definition) is 3. The largest absolute Gasteiger partial charge is 0.356 e. The molecule has 4 rings (SSSR count). The molecule has 2 aliphatic heterocycles. The van der Waals surface area contributed by atoms with Gasteiger partial charge in [-0.1, -0.05) is 18.2 Å². The molecular formula is C24H33N5O2. The first-order valence-corrected chi connectivity index (χ1v) is 11.5. The highest BCUT2D eigenvalue weighted by molar-refractivity contribution is 5.81. The molecule has 0 radical (unpaired) electrons. The lowest BCUT2D eigenvalue weighted by molar-refractivity contribution is -0.126. The highest BCUT2D eigenvalue weighted by atomic mass is 16.2. The number of carbonyl (C=O) groups excluding carboxylic acids is 2. The highest BCUT2D eigenvalue weighted by Crippen LogP contribution is 2.20. The Bertz CT molecular complexity index is 889. The van der Waals surface area contributed by atoms with E-state index >= 15 is 0 Å². The summed E-state index contributed by atoms with van der Waals surface area (Å²) in [7, 11) is 0. The fourth-order valence-electron chi connectivity index (χ4n) is 4.56. The maximum Gasteiger partial charge on any atom is 0.320 e. The average Bonchev–Trinajstić information content (AvgIpc) is 3.47. The lowest BCUT2D eigenvalue weighted by Gasteiger charge is -2.34. The van der Waals surface area contributed by atoms with E-state index in [1.165, 1.54) is 5.56 Å². The van der Waals surface area contributed by atoms with Crippen molar-refractivity contribution in [2.75, 3.05) is 32.7 Å². The Hall–Kier alpha value is -2.83. The van der Waals surface area contributed by atoms with E-state index in [-0.39, 0.29) is 17.9 Å². The van der Waals surface area contributed by atoms with Gasteiger partial charge in [0.05, 0.1) is 17.3 Å². The van der Waals surface area contributed by atoms with Crippen LogP contribution in [0.15, 0.2) is 36.5 Å². The second kappa shape index (κ2) is 9.98. The summed E-state index contributed by atoms with van der Waals surface area (Å²) in [6.07, 6.45) is 7.77. The van der Waals surface area contributed by atoms with Crippen LogP contribution in [0.2, 0.25) is 0 Å². The summed E-state index contributed by atoms with van der Waals surface area (Å²) >= 11 is 0. The number of carbonyl (C=O) groups is 2. The number of amides is 3. The van der Waals surface area contributed by atoms with Crippen molar-refractivity contribution < 1.29 is 9.59 Å². The predicted octanol–water partition coefficient (Wildman–Crippen LogP) is 3.16. The van der Waals surface area contributed by atoms with Crippen molar-refractivity contribution in [3.63, 3.8) is 0 Å². The molecular weight excluding hydrogens is 390 g/mol. The van der Waals surface area contributed by atoms with Gasteiger partial charge >= 0.3 is 6.03 Å². The van der Waals surface area contributed by atoms with Gasteiger partial charge in [-0.25, -0.2) is 9.48 Å². The minimum Gasteiger partial charge on any atom is -0.356 e. The van der Waals surface area contributed by atoms with Crippen LogP contribution in [0.3, 0.4) is 0 Å². The first-order valence-electron chi connectivity index (χ1n) is 11.5. The van der Waals surface area contributed by atoms with Gasteiger partial charge in [0.2, 0.25) is 5.91 Å². The van der Waals surface area contributed by atoms with Crippen molar-refractivity contribution in [2.45, 2.75) is 45.4 Å². The molecule has 3 heterocycles. The summed E-state index contributed by atoms with van der Waals surface area (Å²) in [6, 6.07) is 10.2. The Morgan fingerprint density at radius 1 is 1.06 bits per heavy atom. The Balaban J connectivity index is 1.22. The van der Waals surface area contributed by atoms with Gasteiger partial charge in [-0.05, 0) is 63.1 Å². The molecule has 3 amide bonds. The number of nitrogens with one attached hydrogen (secondary N) is 1. The molecule has 2 fully saturated rings. The number of rotatable bonds is 6. The molecule has 2 aliphatic rings. The average molecular weight is 424 g/mol. The highest BCUT2D eigenvalue weighted by Gasteiger charge is 2.31. The van der Waals surface area contributed by atoms with Gasteiger partial charge in [-0.15, -0.1) is 0 Å². The summed E-state index contributed by atoms with van der Waals surface area (Å²) in [5, 5.41) is 7.71. The van der Waals surface area contributed by atoms with Gasteiger partial charge in [0.25, 0.3) is 0 Å². The van der Waals surface area contributed by atoms with Crippen LogP contribution in [0.5, 0.6) is 0 Å². The molecule has 0 spiro atoms. The van der Waals surface area contributed by atoms with Gasteiger partial charge < -0.3 is 15.1 Å². The maximum atomic E-state index is 12.7. The van der Waals surface area contributed by atoms with Crippen LogP contribution in [0.1, 0.15) is 43.4 Å². The third-order valence-electron chi connectivity index (χ3n) is 6.38. The van der Waals surface area contributed by atoms with E-state index in [1.54, 1.807) is 0 Å². The topological polar surface area (TPSA) is 70.5 Å². The molecule has 1 unspecified atom stereocenters. The maximum absolute atomic E-state index is 12.7. The molecule has 7 heteroatoms. The molecule has 2 saturated heterocycles. The number of para-hydroxylation sites is 1. The zero-order valence-electron chi connectivity index (χ0n) is 18.4. The van der Waals surface area contributed by atoms with Gasteiger partial charge in [-0.3, -0.25) is 4.79 Å². The standard InChI is InChI=1S/C24H33N5O2/c1-19-20(18-29(26-19)22-11-3-2-4-12-22)9-7-13-25-23(30)21-10-8-16-28(17-21)24(31)27-14-5-6-15-27/h2-4,11-12,18,21H,5-10,13-17H2,1H3,(H,25,30). The summed E-state index contributed by atoms with van der Waals surface area (Å²) in [6.45, 7) is 5.69. The Labute approximate surface area is 184 Å². The van der Waals surface area contributed by atoms with Crippen molar-refractivity contribution in [3.8, 4) is 5.69 Å². The number of hydrogen-bond donors (Lipinski definition) is 1. The van der Waals surface area contributed by atoms with Crippen LogP contribution >= 0.6 is 0 Å². The lowest BCUT2D eigenvalue weighted by atomic mass is 9.97. The molecule has 0 saturated carbocycles. The van der Waals surface area contributed by atoms with Crippen molar-refractivity contribution in [1.29, 1.82) is 0 Å². The van der Waals surface area contributed by atoms with Gasteiger partial charge in [-0.2, -0.15) is 5.10 Å². The third-order valence-corrected chi connectivity index (χ3v) is 6.38. The summed E-state index contributed by atoms with van der Waals surface area (Å²) in [5.41, 5.74) is 3.28. The van der Waals surface area contributed by atoms with Crippen LogP contribution in [0.25, 0.3) is 5.69 Å². The number of benzene rings is 1. The zero-order chi connectivity index (χ0) is 21.6. The summed E-state index contributed by atoms with van der Waals surface area (Å²) in [4.78, 5) is 29.1. The van der Waals surface area contributed by atoms with Gasteiger partial charge in [0, 0.05) is 38.9 Å². The number of urea groups is 1. The molecule has 1 N–H and O–H groups in total. The molecule has 166 valence electrons. The second-order valence-electron chi connectivity index (χ2n) is 8.68. The van der Waals surface area contributed by atoms with E-state index in [0.717, 1.165) is 69.5 Å². The normalized spacial score (nSPS) is 18.9. The fraction of sp³-hybridized carbons (Fsp3) is 0.542. The third kappa shape index (κ3) is 5.27. The Kier molecular flexibility index (Phi) is 6.89. The van der Waals surface area contributed by atoms with Crippen LogP contribution < -0.4 is 5.32 Å². The molecule has 0 bridgehead atoms. The summed E-state index contributed by atoms with van der Waals surface area (Å²) in [5.74, 6) is -0.0153. The molecule has 31 heavy (non-hydrogen) atoms. The van der Waals surface area contributed by atoms with Gasteiger partial charge in [0.15, 0.2) is 0 Å². The van der Waals surface area contributed by atoms with E-state index in [9.17, 15) is 9.59 Å². The molecule has 7 nitrogen and oxygen atoms in total. The van der Waals surface area contributed by atoms with E-state index in [1.807, 2.05) is 51.7 Å². The number of likely N-dealkylation sites (tertiary alicyclic amines) is 2. The van der Waals surface area contributed by atoms with Crippen LogP contribution in [0.4, 0.5) is 4.79 Å². The minimum atomic E-state index is -0.0946. The molecule has 1 aromatic carbocycles. The predicted molar refractivity (Wildman–Crippen MR) is 120 cm³/mol. The van der Waals surface area contributed by atoms with Gasteiger partial charge in [0.1, 0.15) is 0 Å². The smallest absolute Gasteiger partial charge is 0.320 e. The van der Waals surface area contributed by atoms with Crippen molar-refractivity contribution in [3.05, 3.63) is 47.8 Å². The quantitative estimate of drug-likeness (QED) is 0.726. The molecule has 0 aliphatic carbocycles. The number of piperidine rings is 1. The SMILES string of the molecule is Cc1nn(-c2ccccc2)cc1CCCNC(=O)C1CCCN(C(=O)N2CCCC2)C1. The summed E-state index contributed by atoms with van der Waals surface area (Å²) < 4.78 is 1.91. The van der Waals surface area contributed by atoms with E-state index < -0.39 is 0 Å². The molecule has 2 aromatic rings. The van der Waals surface area contributed by atoms with Crippen molar-refractivity contribution in [2.24, 2.45) is 5.92 Å². The van der Waals surface area contributed by atoms with E-state index in [0.29, 0.717) is 13.1 Å². The minimum absolute atomic E-state index is 0.0793. The Morgan fingerprint density at radius 3 is 2.58 bits per heavy atom. The van der Waals surface area contributed by atoms with Crippen molar-refractivity contribution >= 4 is 11.9 Å². The number of nitrogens with zero attached hydrogens (tertiary/aromatic N) is 4. The van der Waals surface area contributed by atoms with E-state index in [4.69, 9.17) is 0 Å².